The van der Waals surface area contributed by atoms with Crippen molar-refractivity contribution in [3.8, 4) is 5.75 Å². The maximum Gasteiger partial charge on any atom is 0.228 e. The summed E-state index contributed by atoms with van der Waals surface area (Å²) in [6.45, 7) is 1.42. The highest BCUT2D eigenvalue weighted by molar-refractivity contribution is 5.99. The number of rotatable bonds is 9. The summed E-state index contributed by atoms with van der Waals surface area (Å²) in [6.07, 6.45) is 0.586. The molecule has 142 valence electrons. The van der Waals surface area contributed by atoms with E-state index in [4.69, 9.17) is 9.47 Å². The molecular weight excluding hydrogens is 344 g/mol. The van der Waals surface area contributed by atoms with Gasteiger partial charge in [0.05, 0.1) is 18.4 Å². The van der Waals surface area contributed by atoms with Gasteiger partial charge in [-0.05, 0) is 36.2 Å². The normalized spacial score (nSPS) is 17.8. The van der Waals surface area contributed by atoms with E-state index in [9.17, 15) is 9.59 Å². The van der Waals surface area contributed by atoms with Crippen molar-refractivity contribution in [1.29, 1.82) is 0 Å². The topological polar surface area (TPSA) is 76.7 Å². The SMILES string of the molecule is COCCNC(=O)C1CC1C(=O)Nc1ccc(OCc2ccccc2)cc1. The van der Waals surface area contributed by atoms with E-state index in [1.54, 1.807) is 19.2 Å². The van der Waals surface area contributed by atoms with Crippen LogP contribution >= 0.6 is 0 Å². The second-order valence-electron chi connectivity index (χ2n) is 6.52. The van der Waals surface area contributed by atoms with Crippen LogP contribution in [0.15, 0.2) is 54.6 Å². The van der Waals surface area contributed by atoms with Crippen molar-refractivity contribution in [2.45, 2.75) is 13.0 Å². The Labute approximate surface area is 158 Å². The third-order valence-electron chi connectivity index (χ3n) is 4.44. The molecule has 0 heterocycles. The van der Waals surface area contributed by atoms with Crippen LogP contribution in [0.5, 0.6) is 5.75 Å². The highest BCUT2D eigenvalue weighted by Crippen LogP contribution is 2.39. The fourth-order valence-corrected chi connectivity index (χ4v) is 2.79. The first-order valence-electron chi connectivity index (χ1n) is 9.01. The first-order chi connectivity index (χ1) is 13.2. The number of nitrogens with one attached hydrogen (secondary N) is 2. The van der Waals surface area contributed by atoms with Gasteiger partial charge in [-0.15, -0.1) is 0 Å². The zero-order valence-corrected chi connectivity index (χ0v) is 15.3. The summed E-state index contributed by atoms with van der Waals surface area (Å²) in [7, 11) is 1.58. The molecule has 1 aliphatic rings. The predicted octanol–water partition coefficient (Wildman–Crippen LogP) is 2.60. The third-order valence-corrected chi connectivity index (χ3v) is 4.44. The number of amides is 2. The van der Waals surface area contributed by atoms with E-state index >= 15 is 0 Å². The van der Waals surface area contributed by atoms with Gasteiger partial charge < -0.3 is 20.1 Å². The molecule has 0 aliphatic heterocycles. The number of hydrogen-bond donors (Lipinski definition) is 2. The molecule has 1 fully saturated rings. The Morgan fingerprint density at radius 1 is 1.00 bits per heavy atom. The maximum atomic E-state index is 12.3. The average Bonchev–Trinajstić information content (AvgIpc) is 3.49. The lowest BCUT2D eigenvalue weighted by molar-refractivity contribution is -0.125. The van der Waals surface area contributed by atoms with E-state index in [2.05, 4.69) is 10.6 Å². The average molecular weight is 368 g/mol. The molecule has 6 nitrogen and oxygen atoms in total. The minimum atomic E-state index is -0.262. The molecule has 2 aromatic rings. The lowest BCUT2D eigenvalue weighted by atomic mass is 10.2. The molecule has 0 saturated heterocycles. The molecular formula is C21H24N2O4. The minimum Gasteiger partial charge on any atom is -0.489 e. The van der Waals surface area contributed by atoms with Gasteiger partial charge in [-0.1, -0.05) is 30.3 Å². The molecule has 2 amide bonds. The van der Waals surface area contributed by atoms with Crippen molar-refractivity contribution in [2.75, 3.05) is 25.6 Å². The number of carbonyl (C=O) groups is 2. The standard InChI is InChI=1S/C21H24N2O4/c1-26-12-11-22-20(24)18-13-19(18)21(25)23-16-7-9-17(10-8-16)27-14-15-5-3-2-4-6-15/h2-10,18-19H,11-14H2,1H3,(H,22,24)(H,23,25). The fourth-order valence-electron chi connectivity index (χ4n) is 2.79. The van der Waals surface area contributed by atoms with E-state index in [-0.39, 0.29) is 23.7 Å². The lowest BCUT2D eigenvalue weighted by Crippen LogP contribution is -2.30. The Kier molecular flexibility index (Phi) is 6.44. The summed E-state index contributed by atoms with van der Waals surface area (Å²) in [5.41, 5.74) is 1.79. The van der Waals surface area contributed by atoms with Gasteiger partial charge in [-0.2, -0.15) is 0 Å². The first kappa shape index (κ1) is 18.9. The second-order valence-corrected chi connectivity index (χ2v) is 6.52. The minimum absolute atomic E-state index is 0.0862. The van der Waals surface area contributed by atoms with E-state index in [1.807, 2.05) is 42.5 Å². The molecule has 0 radical (unpaired) electrons. The number of methoxy groups -OCH3 is 1. The number of ether oxygens (including phenoxy) is 2. The molecule has 1 saturated carbocycles. The van der Waals surface area contributed by atoms with Gasteiger partial charge in [-0.25, -0.2) is 0 Å². The zero-order chi connectivity index (χ0) is 19.1. The Balaban J connectivity index is 1.43. The van der Waals surface area contributed by atoms with Crippen molar-refractivity contribution in [1.82, 2.24) is 5.32 Å². The van der Waals surface area contributed by atoms with Crippen LogP contribution in [0.4, 0.5) is 5.69 Å². The first-order valence-corrected chi connectivity index (χ1v) is 9.01. The van der Waals surface area contributed by atoms with Gasteiger partial charge in [0, 0.05) is 19.3 Å². The van der Waals surface area contributed by atoms with E-state index < -0.39 is 0 Å². The molecule has 6 heteroatoms. The van der Waals surface area contributed by atoms with Crippen LogP contribution in [0.1, 0.15) is 12.0 Å². The summed E-state index contributed by atoms with van der Waals surface area (Å²) >= 11 is 0. The Morgan fingerprint density at radius 2 is 1.70 bits per heavy atom. The van der Waals surface area contributed by atoms with E-state index in [1.165, 1.54) is 0 Å². The van der Waals surface area contributed by atoms with Crippen LogP contribution < -0.4 is 15.4 Å². The number of hydrogen-bond acceptors (Lipinski definition) is 4. The Bertz CT molecular complexity index is 762. The number of benzene rings is 2. The van der Waals surface area contributed by atoms with Crippen LogP contribution in [0.25, 0.3) is 0 Å². The summed E-state index contributed by atoms with van der Waals surface area (Å²) in [5, 5.41) is 5.63. The van der Waals surface area contributed by atoms with Gasteiger partial charge in [0.2, 0.25) is 11.8 Å². The van der Waals surface area contributed by atoms with Crippen molar-refractivity contribution >= 4 is 17.5 Å². The Hall–Kier alpha value is -2.86. The van der Waals surface area contributed by atoms with E-state index in [0.717, 1.165) is 11.3 Å². The van der Waals surface area contributed by atoms with Crippen LogP contribution in [-0.2, 0) is 20.9 Å². The molecule has 2 aromatic carbocycles. The summed E-state index contributed by atoms with van der Waals surface area (Å²) in [6, 6.07) is 17.2. The molecule has 0 aromatic heterocycles. The highest BCUT2D eigenvalue weighted by atomic mass is 16.5. The largest absolute Gasteiger partial charge is 0.489 e. The van der Waals surface area contributed by atoms with Crippen molar-refractivity contribution < 1.29 is 19.1 Å². The third kappa shape index (κ3) is 5.56. The van der Waals surface area contributed by atoms with Gasteiger partial charge in [0.25, 0.3) is 0 Å². The van der Waals surface area contributed by atoms with Crippen LogP contribution in [-0.4, -0.2) is 32.1 Å². The molecule has 2 atom stereocenters. The van der Waals surface area contributed by atoms with Gasteiger partial charge >= 0.3 is 0 Å². The van der Waals surface area contributed by atoms with Crippen LogP contribution in [0.3, 0.4) is 0 Å². The fraction of sp³-hybridized carbons (Fsp3) is 0.333. The summed E-state index contributed by atoms with van der Waals surface area (Å²) < 4.78 is 10.6. The van der Waals surface area contributed by atoms with Gasteiger partial charge in [0.1, 0.15) is 12.4 Å². The molecule has 1 aliphatic carbocycles. The Morgan fingerprint density at radius 3 is 2.41 bits per heavy atom. The molecule has 0 spiro atoms. The van der Waals surface area contributed by atoms with Crippen molar-refractivity contribution in [3.05, 3.63) is 60.2 Å². The zero-order valence-electron chi connectivity index (χ0n) is 15.3. The van der Waals surface area contributed by atoms with Crippen LogP contribution in [0, 0.1) is 11.8 Å². The van der Waals surface area contributed by atoms with Crippen LogP contribution in [0.2, 0.25) is 0 Å². The van der Waals surface area contributed by atoms with Crippen molar-refractivity contribution in [3.63, 3.8) is 0 Å². The number of anilines is 1. The molecule has 3 rings (SSSR count). The molecule has 2 unspecified atom stereocenters. The van der Waals surface area contributed by atoms with Gasteiger partial charge in [-0.3, -0.25) is 9.59 Å². The molecule has 0 bridgehead atoms. The van der Waals surface area contributed by atoms with Crippen molar-refractivity contribution in [2.24, 2.45) is 11.8 Å². The smallest absolute Gasteiger partial charge is 0.228 e. The predicted molar refractivity (Wildman–Crippen MR) is 102 cm³/mol. The van der Waals surface area contributed by atoms with Gasteiger partial charge in [0.15, 0.2) is 0 Å². The lowest BCUT2D eigenvalue weighted by Gasteiger charge is -2.09. The maximum absolute atomic E-state index is 12.3. The molecule has 2 N–H and O–H groups in total. The summed E-state index contributed by atoms with van der Waals surface area (Å²) in [5.74, 6) is 0.0206. The monoisotopic (exact) mass is 368 g/mol. The quantitative estimate of drug-likeness (QED) is 0.667. The summed E-state index contributed by atoms with van der Waals surface area (Å²) in [4.78, 5) is 24.2. The second kappa shape index (κ2) is 9.19. The highest BCUT2D eigenvalue weighted by Gasteiger charge is 2.47. The molecule has 27 heavy (non-hydrogen) atoms. The number of carbonyl (C=O) groups excluding carboxylic acids is 2. The van der Waals surface area contributed by atoms with E-state index in [0.29, 0.717) is 31.9 Å².